The lowest BCUT2D eigenvalue weighted by Crippen LogP contribution is -2.44. The zero-order valence-electron chi connectivity index (χ0n) is 12.3. The van der Waals surface area contributed by atoms with Gasteiger partial charge in [-0.2, -0.15) is 0 Å². The zero-order chi connectivity index (χ0) is 14.9. The number of nitrogens with one attached hydrogen (secondary N) is 1. The highest BCUT2D eigenvalue weighted by Crippen LogP contribution is 2.37. The third kappa shape index (κ3) is 2.98. The van der Waals surface area contributed by atoms with Gasteiger partial charge in [0.05, 0.1) is 6.61 Å². The lowest BCUT2D eigenvalue weighted by Gasteiger charge is -2.29. The van der Waals surface area contributed by atoms with Crippen LogP contribution in [-0.4, -0.2) is 35.3 Å². The Morgan fingerprint density at radius 3 is 3.14 bits per heavy atom. The third-order valence-corrected chi connectivity index (χ3v) is 5.64. The number of aliphatic hydroxyl groups is 1. The van der Waals surface area contributed by atoms with E-state index in [4.69, 9.17) is 4.74 Å². The van der Waals surface area contributed by atoms with Crippen LogP contribution in [0.15, 0.2) is 5.38 Å². The molecule has 2 N–H and O–H groups in total. The summed E-state index contributed by atoms with van der Waals surface area (Å²) in [6.07, 6.45) is 5.02. The van der Waals surface area contributed by atoms with Crippen LogP contribution in [0.25, 0.3) is 0 Å². The van der Waals surface area contributed by atoms with E-state index in [0.29, 0.717) is 5.69 Å². The fraction of sp³-hybridized carbons (Fsp3) is 0.733. The highest BCUT2D eigenvalue weighted by atomic mass is 32.1. The maximum Gasteiger partial charge on any atom is 0.270 e. The van der Waals surface area contributed by atoms with Crippen molar-refractivity contribution >= 4 is 17.2 Å². The smallest absolute Gasteiger partial charge is 0.270 e. The summed E-state index contributed by atoms with van der Waals surface area (Å²) in [4.78, 5) is 16.8. The van der Waals surface area contributed by atoms with Gasteiger partial charge in [-0.3, -0.25) is 4.79 Å². The Bertz CT molecular complexity index is 513. The van der Waals surface area contributed by atoms with Crippen molar-refractivity contribution < 1.29 is 14.6 Å². The summed E-state index contributed by atoms with van der Waals surface area (Å²) in [6.45, 7) is 2.92. The SMILES string of the molecule is CC1(CO)CCCC1NC(=O)c1csc(C2CCCO2)n1. The molecule has 5 nitrogen and oxygen atoms in total. The molecule has 2 aliphatic rings. The molecule has 3 atom stereocenters. The molecule has 0 aromatic carbocycles. The molecule has 1 aliphatic carbocycles. The maximum atomic E-state index is 12.3. The molecule has 116 valence electrons. The molecule has 1 aliphatic heterocycles. The third-order valence-electron chi connectivity index (χ3n) is 4.71. The molecule has 0 radical (unpaired) electrons. The van der Waals surface area contributed by atoms with Gasteiger partial charge in [0.2, 0.25) is 0 Å². The number of ether oxygens (including phenoxy) is 1. The van der Waals surface area contributed by atoms with Gasteiger partial charge in [0.25, 0.3) is 5.91 Å². The molecular formula is C15H22N2O3S. The summed E-state index contributed by atoms with van der Waals surface area (Å²) in [5.74, 6) is -0.137. The first-order chi connectivity index (χ1) is 10.1. The maximum absolute atomic E-state index is 12.3. The number of hydrogen-bond acceptors (Lipinski definition) is 5. The second-order valence-electron chi connectivity index (χ2n) is 6.30. The van der Waals surface area contributed by atoms with Crippen molar-refractivity contribution in [1.29, 1.82) is 0 Å². The summed E-state index contributed by atoms with van der Waals surface area (Å²) in [7, 11) is 0. The van der Waals surface area contributed by atoms with E-state index in [1.807, 2.05) is 6.92 Å². The second-order valence-corrected chi connectivity index (χ2v) is 7.19. The molecule has 21 heavy (non-hydrogen) atoms. The van der Waals surface area contributed by atoms with Gasteiger partial charge in [-0.15, -0.1) is 11.3 Å². The van der Waals surface area contributed by atoms with Crippen LogP contribution in [0.3, 0.4) is 0 Å². The minimum atomic E-state index is -0.205. The normalized spacial score (nSPS) is 32.5. The number of aromatic nitrogens is 1. The van der Waals surface area contributed by atoms with Crippen LogP contribution in [-0.2, 0) is 4.74 Å². The van der Waals surface area contributed by atoms with Crippen LogP contribution in [0.5, 0.6) is 0 Å². The van der Waals surface area contributed by atoms with Crippen molar-refractivity contribution in [3.8, 4) is 0 Å². The van der Waals surface area contributed by atoms with E-state index in [0.717, 1.165) is 43.7 Å². The topological polar surface area (TPSA) is 71.5 Å². The Morgan fingerprint density at radius 2 is 2.43 bits per heavy atom. The minimum Gasteiger partial charge on any atom is -0.396 e. The molecule has 1 aromatic heterocycles. The first-order valence-corrected chi connectivity index (χ1v) is 8.49. The van der Waals surface area contributed by atoms with E-state index >= 15 is 0 Å². The Hall–Kier alpha value is -0.980. The first-order valence-electron chi connectivity index (χ1n) is 7.61. The summed E-state index contributed by atoms with van der Waals surface area (Å²) < 4.78 is 5.60. The molecule has 1 amide bonds. The van der Waals surface area contributed by atoms with Gasteiger partial charge in [0.15, 0.2) is 0 Å². The van der Waals surface area contributed by atoms with Gasteiger partial charge in [0.1, 0.15) is 16.8 Å². The summed E-state index contributed by atoms with van der Waals surface area (Å²) in [5.41, 5.74) is 0.265. The van der Waals surface area contributed by atoms with Crippen LogP contribution in [0.4, 0.5) is 0 Å². The first kappa shape index (κ1) is 14.9. The monoisotopic (exact) mass is 310 g/mol. The Kier molecular flexibility index (Phi) is 4.28. The van der Waals surface area contributed by atoms with Gasteiger partial charge in [-0.05, 0) is 25.7 Å². The molecule has 2 fully saturated rings. The fourth-order valence-electron chi connectivity index (χ4n) is 3.21. The highest BCUT2D eigenvalue weighted by Gasteiger charge is 2.39. The average molecular weight is 310 g/mol. The van der Waals surface area contributed by atoms with Gasteiger partial charge in [-0.25, -0.2) is 4.98 Å². The van der Waals surface area contributed by atoms with E-state index in [9.17, 15) is 9.90 Å². The van der Waals surface area contributed by atoms with E-state index in [2.05, 4.69) is 10.3 Å². The number of thiazole rings is 1. The lowest BCUT2D eigenvalue weighted by atomic mass is 9.86. The van der Waals surface area contributed by atoms with Crippen molar-refractivity contribution in [3.63, 3.8) is 0 Å². The number of nitrogens with zero attached hydrogens (tertiary/aromatic N) is 1. The van der Waals surface area contributed by atoms with Crippen molar-refractivity contribution in [2.75, 3.05) is 13.2 Å². The molecule has 3 rings (SSSR count). The number of carbonyl (C=O) groups is 1. The zero-order valence-corrected chi connectivity index (χ0v) is 13.1. The van der Waals surface area contributed by atoms with Gasteiger partial charge < -0.3 is 15.2 Å². The van der Waals surface area contributed by atoms with E-state index in [-0.39, 0.29) is 30.1 Å². The van der Waals surface area contributed by atoms with E-state index < -0.39 is 0 Å². The summed E-state index contributed by atoms with van der Waals surface area (Å²) >= 11 is 1.49. The summed E-state index contributed by atoms with van der Waals surface area (Å²) in [6, 6.07) is 0.0304. The Morgan fingerprint density at radius 1 is 1.57 bits per heavy atom. The standard InChI is InChI=1S/C15H22N2O3S/c1-15(9-18)6-2-5-12(15)17-13(19)10-8-21-14(16-10)11-4-3-7-20-11/h8,11-12,18H,2-7,9H2,1H3,(H,17,19). The fourth-order valence-corrected chi connectivity index (χ4v) is 4.09. The van der Waals surface area contributed by atoms with Crippen molar-refractivity contribution in [1.82, 2.24) is 10.3 Å². The van der Waals surface area contributed by atoms with Crippen molar-refractivity contribution in [2.45, 2.75) is 51.2 Å². The van der Waals surface area contributed by atoms with E-state index in [1.54, 1.807) is 5.38 Å². The minimum absolute atomic E-state index is 0.0304. The van der Waals surface area contributed by atoms with Crippen LogP contribution in [0.2, 0.25) is 0 Å². The molecule has 6 heteroatoms. The molecular weight excluding hydrogens is 288 g/mol. The van der Waals surface area contributed by atoms with Crippen molar-refractivity contribution in [2.24, 2.45) is 5.41 Å². The predicted octanol–water partition coefficient (Wildman–Crippen LogP) is 2.28. The molecule has 0 spiro atoms. The van der Waals surface area contributed by atoms with Gasteiger partial charge in [-0.1, -0.05) is 13.3 Å². The predicted molar refractivity (Wildman–Crippen MR) is 80.3 cm³/mol. The van der Waals surface area contributed by atoms with Crippen LogP contribution in [0, 0.1) is 5.41 Å². The van der Waals surface area contributed by atoms with Crippen LogP contribution >= 0.6 is 11.3 Å². The molecule has 1 saturated heterocycles. The Labute approximate surface area is 128 Å². The average Bonchev–Trinajstić information content (AvgIpc) is 3.19. The van der Waals surface area contributed by atoms with Gasteiger partial charge >= 0.3 is 0 Å². The molecule has 1 aromatic rings. The quantitative estimate of drug-likeness (QED) is 0.895. The molecule has 1 saturated carbocycles. The van der Waals surface area contributed by atoms with Crippen LogP contribution in [0.1, 0.15) is 60.6 Å². The Balaban J connectivity index is 1.65. The van der Waals surface area contributed by atoms with E-state index in [1.165, 1.54) is 11.3 Å². The molecule has 3 unspecified atom stereocenters. The van der Waals surface area contributed by atoms with Crippen molar-refractivity contribution in [3.05, 3.63) is 16.1 Å². The number of carbonyl (C=O) groups excluding carboxylic acids is 1. The highest BCUT2D eigenvalue weighted by molar-refractivity contribution is 7.09. The molecule has 0 bridgehead atoms. The molecule has 2 heterocycles. The van der Waals surface area contributed by atoms with Crippen LogP contribution < -0.4 is 5.32 Å². The number of aliphatic hydroxyl groups excluding tert-OH is 1. The number of rotatable bonds is 4. The lowest BCUT2D eigenvalue weighted by molar-refractivity contribution is 0.0825. The largest absolute Gasteiger partial charge is 0.396 e. The van der Waals surface area contributed by atoms with Gasteiger partial charge in [0, 0.05) is 23.4 Å². The number of amides is 1. The number of hydrogen-bond donors (Lipinski definition) is 2. The summed E-state index contributed by atoms with van der Waals surface area (Å²) in [5, 5.41) is 15.3. The second kappa shape index (κ2) is 6.02.